The third-order valence-corrected chi connectivity index (χ3v) is 5.92. The molecule has 0 saturated carbocycles. The average Bonchev–Trinajstić information content (AvgIpc) is 2.67. The van der Waals surface area contributed by atoms with Crippen LogP contribution in [0, 0.1) is 0 Å². The van der Waals surface area contributed by atoms with Gasteiger partial charge < -0.3 is 10.2 Å². The summed E-state index contributed by atoms with van der Waals surface area (Å²) in [5.41, 5.74) is 1.50. The molecule has 0 aliphatic heterocycles. The summed E-state index contributed by atoms with van der Waals surface area (Å²) in [5, 5.41) is 23.6. The van der Waals surface area contributed by atoms with Crippen LogP contribution in [-0.4, -0.2) is 10.2 Å². The van der Waals surface area contributed by atoms with E-state index in [1.165, 1.54) is 0 Å². The molecule has 0 aromatic heterocycles. The van der Waals surface area contributed by atoms with E-state index in [1.807, 2.05) is 48.5 Å². The molecule has 0 heterocycles. The van der Waals surface area contributed by atoms with Crippen LogP contribution in [0.5, 0.6) is 0 Å². The van der Waals surface area contributed by atoms with Crippen molar-refractivity contribution in [2.75, 3.05) is 0 Å². The molecule has 140 valence electrons. The Morgan fingerprint density at radius 2 is 0.885 bits per heavy atom. The van der Waals surface area contributed by atoms with Crippen molar-refractivity contribution in [3.8, 4) is 0 Å². The van der Waals surface area contributed by atoms with Gasteiger partial charge in [0.25, 0.3) is 0 Å². The fourth-order valence-corrected chi connectivity index (χ4v) is 4.50. The zero-order valence-electron chi connectivity index (χ0n) is 16.2. The van der Waals surface area contributed by atoms with E-state index in [-0.39, 0.29) is 0 Å². The van der Waals surface area contributed by atoms with E-state index in [0.29, 0.717) is 12.8 Å². The van der Waals surface area contributed by atoms with E-state index in [4.69, 9.17) is 0 Å². The van der Waals surface area contributed by atoms with Gasteiger partial charge in [-0.15, -0.1) is 0 Å². The number of hydrogen-bond donors (Lipinski definition) is 2. The molecular formula is C24H32O2. The van der Waals surface area contributed by atoms with Gasteiger partial charge in [0.2, 0.25) is 0 Å². The van der Waals surface area contributed by atoms with Crippen LogP contribution in [-0.2, 0) is 11.2 Å². The molecule has 0 unspecified atom stereocenters. The molecule has 2 aromatic carbocycles. The second kappa shape index (κ2) is 7.94. The highest BCUT2D eigenvalue weighted by Crippen LogP contribution is 2.51. The predicted molar refractivity (Wildman–Crippen MR) is 107 cm³/mol. The SMILES string of the molecule is CCCCCC1(O)c2ccccc2C(O)(CCCCC)c2ccccc21. The number of aliphatic hydroxyl groups is 2. The number of fused-ring (bicyclic) bond motifs is 2. The first kappa shape index (κ1) is 19.1. The number of unbranched alkanes of at least 4 members (excludes halogenated alkanes) is 4. The lowest BCUT2D eigenvalue weighted by Crippen LogP contribution is -2.43. The third kappa shape index (κ3) is 3.21. The quantitative estimate of drug-likeness (QED) is 0.604. The van der Waals surface area contributed by atoms with Crippen molar-refractivity contribution in [3.05, 3.63) is 70.8 Å². The van der Waals surface area contributed by atoms with Gasteiger partial charge in [-0.05, 0) is 47.9 Å². The third-order valence-electron chi connectivity index (χ3n) is 5.92. The Hall–Kier alpha value is -1.64. The van der Waals surface area contributed by atoms with Gasteiger partial charge in [0.1, 0.15) is 11.2 Å². The second-order valence-corrected chi connectivity index (χ2v) is 7.73. The molecule has 2 heteroatoms. The van der Waals surface area contributed by atoms with Crippen LogP contribution in [0.15, 0.2) is 48.5 Å². The lowest BCUT2D eigenvalue weighted by molar-refractivity contribution is 0.0183. The summed E-state index contributed by atoms with van der Waals surface area (Å²) in [6, 6.07) is 15.9. The molecule has 2 aromatic rings. The molecule has 3 rings (SSSR count). The fraction of sp³-hybridized carbons (Fsp3) is 0.500. The maximum Gasteiger partial charge on any atom is 0.115 e. The first-order valence-corrected chi connectivity index (χ1v) is 10.2. The highest BCUT2D eigenvalue weighted by atomic mass is 16.3. The van der Waals surface area contributed by atoms with Gasteiger partial charge in [0.15, 0.2) is 0 Å². The standard InChI is InChI=1S/C24H32O2/c1-3-5-11-17-23(25)19-13-7-9-15-21(19)24(26,18-12-6-4-2)22-16-10-8-14-20(22)23/h7-10,13-16,25-26H,3-6,11-12,17-18H2,1-2H3. The first-order chi connectivity index (χ1) is 12.6. The molecule has 1 aliphatic carbocycles. The second-order valence-electron chi connectivity index (χ2n) is 7.73. The summed E-state index contributed by atoms with van der Waals surface area (Å²) in [6.07, 6.45) is 7.80. The van der Waals surface area contributed by atoms with Crippen LogP contribution in [0.2, 0.25) is 0 Å². The minimum absolute atomic E-state index is 0.694. The average molecular weight is 353 g/mol. The first-order valence-electron chi connectivity index (χ1n) is 10.2. The van der Waals surface area contributed by atoms with Crippen molar-refractivity contribution in [3.63, 3.8) is 0 Å². The van der Waals surface area contributed by atoms with Gasteiger partial charge in [0, 0.05) is 0 Å². The lowest BCUT2D eigenvalue weighted by Gasteiger charge is -2.45. The monoisotopic (exact) mass is 352 g/mol. The summed E-state index contributed by atoms with van der Waals surface area (Å²) < 4.78 is 0. The molecule has 0 radical (unpaired) electrons. The zero-order valence-corrected chi connectivity index (χ0v) is 16.2. The number of benzene rings is 2. The molecule has 0 bridgehead atoms. The Balaban J connectivity index is 2.12. The van der Waals surface area contributed by atoms with Gasteiger partial charge in [-0.1, -0.05) is 88.1 Å². The predicted octanol–water partition coefficient (Wildman–Crippen LogP) is 5.63. The van der Waals surface area contributed by atoms with Crippen molar-refractivity contribution in [2.24, 2.45) is 0 Å². The Labute approximate surface area is 157 Å². The summed E-state index contributed by atoms with van der Waals surface area (Å²) in [5.74, 6) is 0. The number of hydrogen-bond acceptors (Lipinski definition) is 2. The van der Waals surface area contributed by atoms with Crippen molar-refractivity contribution >= 4 is 0 Å². The minimum Gasteiger partial charge on any atom is -0.380 e. The van der Waals surface area contributed by atoms with Crippen LogP contribution >= 0.6 is 0 Å². The van der Waals surface area contributed by atoms with Crippen molar-refractivity contribution in [1.29, 1.82) is 0 Å². The Bertz CT molecular complexity index is 625. The summed E-state index contributed by atoms with van der Waals surface area (Å²) >= 11 is 0. The van der Waals surface area contributed by atoms with Crippen LogP contribution in [0.4, 0.5) is 0 Å². The van der Waals surface area contributed by atoms with Gasteiger partial charge in [-0.25, -0.2) is 0 Å². The van der Waals surface area contributed by atoms with Crippen LogP contribution in [0.3, 0.4) is 0 Å². The highest BCUT2D eigenvalue weighted by molar-refractivity contribution is 5.56. The van der Waals surface area contributed by atoms with E-state index in [2.05, 4.69) is 13.8 Å². The van der Waals surface area contributed by atoms with Crippen molar-refractivity contribution < 1.29 is 10.2 Å². The van der Waals surface area contributed by atoms with E-state index in [0.717, 1.165) is 60.8 Å². The minimum atomic E-state index is -1.01. The molecule has 0 amide bonds. The van der Waals surface area contributed by atoms with E-state index < -0.39 is 11.2 Å². The zero-order chi connectivity index (χ0) is 18.6. The van der Waals surface area contributed by atoms with Crippen molar-refractivity contribution in [1.82, 2.24) is 0 Å². The van der Waals surface area contributed by atoms with Crippen LogP contribution < -0.4 is 0 Å². The van der Waals surface area contributed by atoms with E-state index in [9.17, 15) is 10.2 Å². The Morgan fingerprint density at radius 1 is 0.577 bits per heavy atom. The Kier molecular flexibility index (Phi) is 5.84. The van der Waals surface area contributed by atoms with Crippen molar-refractivity contribution in [2.45, 2.75) is 76.4 Å². The fourth-order valence-electron chi connectivity index (χ4n) is 4.50. The molecule has 0 saturated heterocycles. The molecule has 2 N–H and O–H groups in total. The molecular weight excluding hydrogens is 320 g/mol. The normalized spacial score (nSPS) is 24.2. The highest BCUT2D eigenvalue weighted by Gasteiger charge is 2.48. The molecule has 0 atom stereocenters. The van der Waals surface area contributed by atoms with Gasteiger partial charge in [-0.3, -0.25) is 0 Å². The summed E-state index contributed by atoms with van der Waals surface area (Å²) in [6.45, 7) is 4.36. The summed E-state index contributed by atoms with van der Waals surface area (Å²) in [7, 11) is 0. The number of rotatable bonds is 8. The van der Waals surface area contributed by atoms with Gasteiger partial charge >= 0.3 is 0 Å². The van der Waals surface area contributed by atoms with E-state index in [1.54, 1.807) is 0 Å². The lowest BCUT2D eigenvalue weighted by atomic mass is 9.65. The van der Waals surface area contributed by atoms with Gasteiger partial charge in [-0.2, -0.15) is 0 Å². The van der Waals surface area contributed by atoms with Crippen LogP contribution in [0.1, 0.15) is 87.5 Å². The maximum absolute atomic E-state index is 11.8. The topological polar surface area (TPSA) is 40.5 Å². The van der Waals surface area contributed by atoms with E-state index >= 15 is 0 Å². The molecule has 0 fully saturated rings. The largest absolute Gasteiger partial charge is 0.380 e. The molecule has 1 aliphatic rings. The molecule has 26 heavy (non-hydrogen) atoms. The molecule has 2 nitrogen and oxygen atoms in total. The van der Waals surface area contributed by atoms with Gasteiger partial charge in [0.05, 0.1) is 0 Å². The Morgan fingerprint density at radius 3 is 1.15 bits per heavy atom. The summed E-state index contributed by atoms with van der Waals surface area (Å²) in [4.78, 5) is 0. The van der Waals surface area contributed by atoms with Crippen LogP contribution in [0.25, 0.3) is 0 Å². The maximum atomic E-state index is 11.8. The molecule has 0 spiro atoms. The smallest absolute Gasteiger partial charge is 0.115 e.